The van der Waals surface area contributed by atoms with Gasteiger partial charge in [0.15, 0.2) is 0 Å². The van der Waals surface area contributed by atoms with Crippen LogP contribution in [-0.4, -0.2) is 71.6 Å². The van der Waals surface area contributed by atoms with E-state index < -0.39 is 77.5 Å². The molecular weight excluding hydrogens is 662 g/mol. The largest absolute Gasteiger partial charge is 0.460 e. The highest BCUT2D eigenvalue weighted by atomic mass is 19.4. The van der Waals surface area contributed by atoms with Crippen molar-refractivity contribution in [2.75, 3.05) is 0 Å². The Hall–Kier alpha value is -1.82. The molecule has 0 aliphatic heterocycles. The van der Waals surface area contributed by atoms with Gasteiger partial charge in [-0.25, -0.2) is 4.39 Å². The van der Waals surface area contributed by atoms with Gasteiger partial charge in [0.1, 0.15) is 0 Å². The maximum Gasteiger partial charge on any atom is 0.460 e. The number of hydrogen-bond acceptors (Lipinski definition) is 0. The van der Waals surface area contributed by atoms with Crippen LogP contribution in [0.3, 0.4) is 0 Å². The fraction of sp³-hybridized carbons (Fsp3) is 0.929. The van der Waals surface area contributed by atoms with Crippen LogP contribution in [0.5, 0.6) is 0 Å². The molecular formula is C14H3F26. The molecule has 241 valence electrons. The van der Waals surface area contributed by atoms with E-state index >= 15 is 0 Å². The van der Waals surface area contributed by atoms with Gasteiger partial charge in [0.25, 0.3) is 0 Å². The lowest BCUT2D eigenvalue weighted by molar-refractivity contribution is -0.463. The van der Waals surface area contributed by atoms with Crippen LogP contribution in [-0.2, 0) is 0 Å². The highest BCUT2D eigenvalue weighted by Gasteiger charge is 2.96. The van der Waals surface area contributed by atoms with Gasteiger partial charge in [0, 0.05) is 0 Å². The van der Waals surface area contributed by atoms with Gasteiger partial charge in [-0.3, -0.25) is 0 Å². The summed E-state index contributed by atoms with van der Waals surface area (Å²) >= 11 is 0. The molecule has 0 rings (SSSR count). The van der Waals surface area contributed by atoms with Crippen LogP contribution in [0, 0.1) is 12.8 Å². The Kier molecular flexibility index (Phi) is 8.67. The standard InChI is InChI=1S/C14H3F26/c1-2(3(15,16)6(20,21)5(19,12(32,33)34)13(35,36)37)4(17,18)7(22,23)8(24,25)9(26,27)10(28,29)11(30,31)14(38,39)40/h2H,1H2. The van der Waals surface area contributed by atoms with Crippen molar-refractivity contribution in [1.82, 2.24) is 0 Å². The molecule has 1 radical (unpaired) electrons. The average Bonchev–Trinajstić information content (AvgIpc) is 2.68. The third-order valence-electron chi connectivity index (χ3n) is 4.86. The Bertz CT molecular complexity index is 895. The third kappa shape index (κ3) is 4.46. The molecule has 0 aliphatic rings. The van der Waals surface area contributed by atoms with E-state index in [9.17, 15) is 114 Å². The van der Waals surface area contributed by atoms with E-state index in [4.69, 9.17) is 0 Å². The summed E-state index contributed by atoms with van der Waals surface area (Å²) in [5.41, 5.74) is -8.77. The van der Waals surface area contributed by atoms with E-state index in [0.717, 1.165) is 0 Å². The van der Waals surface area contributed by atoms with Crippen LogP contribution in [0.2, 0.25) is 0 Å². The summed E-state index contributed by atoms with van der Waals surface area (Å²) in [6, 6.07) is 0. The Labute approximate surface area is 200 Å². The lowest BCUT2D eigenvalue weighted by Crippen LogP contribution is -2.76. The Balaban J connectivity index is 7.29. The first-order valence-electron chi connectivity index (χ1n) is 8.40. The van der Waals surface area contributed by atoms with Crippen molar-refractivity contribution in [3.8, 4) is 0 Å². The van der Waals surface area contributed by atoms with Gasteiger partial charge in [0.05, 0.1) is 5.92 Å². The molecule has 0 N–H and O–H groups in total. The van der Waals surface area contributed by atoms with Crippen LogP contribution >= 0.6 is 0 Å². The van der Waals surface area contributed by atoms with Crippen molar-refractivity contribution < 1.29 is 114 Å². The third-order valence-corrected chi connectivity index (χ3v) is 4.86. The van der Waals surface area contributed by atoms with Gasteiger partial charge in [0.2, 0.25) is 0 Å². The highest BCUT2D eigenvalue weighted by Crippen LogP contribution is 2.66. The van der Waals surface area contributed by atoms with Gasteiger partial charge in [-0.1, -0.05) is 0 Å². The molecule has 0 aromatic rings. The minimum absolute atomic E-state index is 0.682. The molecule has 1 unspecified atom stereocenters. The fourth-order valence-electron chi connectivity index (χ4n) is 2.39. The second-order valence-corrected chi connectivity index (χ2v) is 7.40. The lowest BCUT2D eigenvalue weighted by atomic mass is 9.78. The summed E-state index contributed by atoms with van der Waals surface area (Å²) in [5.74, 6) is -77.7. The molecule has 26 heteroatoms. The molecule has 0 fully saturated rings. The average molecular weight is 665 g/mol. The van der Waals surface area contributed by atoms with Crippen LogP contribution in [0.15, 0.2) is 0 Å². The first kappa shape index (κ1) is 38.2. The maximum atomic E-state index is 13.8. The first-order valence-corrected chi connectivity index (χ1v) is 8.40. The molecule has 40 heavy (non-hydrogen) atoms. The molecule has 0 aromatic carbocycles. The number of halogens is 26. The number of hydrogen-bond donors (Lipinski definition) is 0. The normalized spacial score (nSPS) is 17.8. The minimum Gasteiger partial charge on any atom is -0.216 e. The van der Waals surface area contributed by atoms with Crippen LogP contribution in [0.4, 0.5) is 114 Å². The second kappa shape index (κ2) is 9.09. The van der Waals surface area contributed by atoms with Crippen molar-refractivity contribution in [2.45, 2.75) is 71.6 Å². The zero-order chi connectivity index (χ0) is 33.6. The van der Waals surface area contributed by atoms with E-state index in [1.807, 2.05) is 0 Å². The zero-order valence-electron chi connectivity index (χ0n) is 17.1. The lowest BCUT2D eigenvalue weighted by Gasteiger charge is -2.46. The summed E-state index contributed by atoms with van der Waals surface area (Å²) in [6.07, 6.45) is -24.9. The summed E-state index contributed by atoms with van der Waals surface area (Å²) < 4.78 is 338. The van der Waals surface area contributed by atoms with Crippen molar-refractivity contribution in [3.05, 3.63) is 6.92 Å². The molecule has 0 aromatic heterocycles. The minimum atomic E-state index is -9.25. The summed E-state index contributed by atoms with van der Waals surface area (Å²) in [7, 11) is 0. The molecule has 0 saturated heterocycles. The van der Waals surface area contributed by atoms with Crippen LogP contribution in [0.1, 0.15) is 0 Å². The summed E-state index contributed by atoms with van der Waals surface area (Å²) in [5, 5.41) is 0. The molecule has 0 amide bonds. The predicted octanol–water partition coefficient (Wildman–Crippen LogP) is 8.91. The molecule has 0 spiro atoms. The highest BCUT2D eigenvalue weighted by molar-refractivity contribution is 5.19. The molecule has 0 aliphatic carbocycles. The van der Waals surface area contributed by atoms with Crippen molar-refractivity contribution in [1.29, 1.82) is 0 Å². The second-order valence-electron chi connectivity index (χ2n) is 7.40. The van der Waals surface area contributed by atoms with Crippen molar-refractivity contribution in [2.24, 2.45) is 5.92 Å². The van der Waals surface area contributed by atoms with Gasteiger partial charge < -0.3 is 0 Å². The van der Waals surface area contributed by atoms with E-state index in [1.54, 1.807) is 0 Å². The van der Waals surface area contributed by atoms with Crippen molar-refractivity contribution in [3.63, 3.8) is 0 Å². The van der Waals surface area contributed by atoms with Crippen molar-refractivity contribution >= 4 is 0 Å². The van der Waals surface area contributed by atoms with E-state index in [-0.39, 0.29) is 0 Å². The molecule has 0 nitrogen and oxygen atoms in total. The van der Waals surface area contributed by atoms with E-state index in [0.29, 0.717) is 6.92 Å². The Morgan fingerprint density at radius 2 is 0.500 bits per heavy atom. The first-order chi connectivity index (χ1) is 16.7. The Morgan fingerprint density at radius 1 is 0.275 bits per heavy atom. The topological polar surface area (TPSA) is 0 Å². The monoisotopic (exact) mass is 665 g/mol. The fourth-order valence-corrected chi connectivity index (χ4v) is 2.39. The molecule has 1 atom stereocenters. The van der Waals surface area contributed by atoms with E-state index in [2.05, 4.69) is 0 Å². The van der Waals surface area contributed by atoms with Gasteiger partial charge in [-0.05, 0) is 6.92 Å². The van der Waals surface area contributed by atoms with Gasteiger partial charge in [-0.15, -0.1) is 0 Å². The van der Waals surface area contributed by atoms with Crippen LogP contribution in [0.25, 0.3) is 0 Å². The quantitative estimate of drug-likeness (QED) is 0.216. The summed E-state index contributed by atoms with van der Waals surface area (Å²) in [4.78, 5) is 0. The van der Waals surface area contributed by atoms with E-state index in [1.165, 1.54) is 0 Å². The van der Waals surface area contributed by atoms with Gasteiger partial charge in [-0.2, -0.15) is 110 Å². The maximum absolute atomic E-state index is 13.8. The zero-order valence-corrected chi connectivity index (χ0v) is 17.1. The number of alkyl halides is 26. The molecule has 0 saturated carbocycles. The predicted molar refractivity (Wildman–Crippen MR) is 70.4 cm³/mol. The smallest absolute Gasteiger partial charge is 0.216 e. The SMILES string of the molecule is [CH2]C(C(F)(F)C(F)(F)C(F)(F)C(F)(F)C(F)(F)C(F)(F)C(F)(F)F)C(F)(F)C(F)(F)C(F)(C(F)(F)F)C(F)(F)F. The number of rotatable bonds is 9. The van der Waals surface area contributed by atoms with Crippen LogP contribution < -0.4 is 0 Å². The summed E-state index contributed by atoms with van der Waals surface area (Å²) in [6.45, 7) is 0.682. The Morgan fingerprint density at radius 3 is 0.750 bits per heavy atom. The van der Waals surface area contributed by atoms with Gasteiger partial charge >= 0.3 is 71.6 Å². The molecule has 0 heterocycles. The molecule has 0 bridgehead atoms.